The number of nitrogens with one attached hydrogen (secondary N) is 1. The van der Waals surface area contributed by atoms with Crippen LogP contribution in [0, 0.1) is 13.8 Å². The first-order valence-corrected chi connectivity index (χ1v) is 5.07. The van der Waals surface area contributed by atoms with E-state index in [1.54, 1.807) is 14.2 Å². The Morgan fingerprint density at radius 1 is 1.20 bits per heavy atom. The lowest BCUT2D eigenvalue weighted by atomic mass is 10.1. The fourth-order valence-corrected chi connectivity index (χ4v) is 1.64. The number of rotatable bonds is 5. The zero-order valence-electron chi connectivity index (χ0n) is 9.89. The predicted octanol–water partition coefficient (Wildman–Crippen LogP) is 2.37. The van der Waals surface area contributed by atoms with Gasteiger partial charge < -0.3 is 14.8 Å². The molecule has 1 N–H and O–H groups in total. The summed E-state index contributed by atoms with van der Waals surface area (Å²) in [6.07, 6.45) is 0. The molecular weight excluding hydrogens is 190 g/mol. The Bertz CT molecular complexity index is 324. The van der Waals surface area contributed by atoms with Gasteiger partial charge in [-0.2, -0.15) is 0 Å². The summed E-state index contributed by atoms with van der Waals surface area (Å²) in [6.45, 7) is 5.60. The average Bonchev–Trinajstić information content (AvgIpc) is 2.17. The normalized spacial score (nSPS) is 10.1. The van der Waals surface area contributed by atoms with Gasteiger partial charge in [-0.1, -0.05) is 6.07 Å². The minimum Gasteiger partial charge on any atom is -0.494 e. The molecule has 3 heteroatoms. The van der Waals surface area contributed by atoms with Crippen molar-refractivity contribution >= 4 is 5.69 Å². The number of hydrogen-bond donors (Lipinski definition) is 1. The maximum Gasteiger partial charge on any atom is 0.144 e. The van der Waals surface area contributed by atoms with Crippen LogP contribution in [-0.4, -0.2) is 27.4 Å². The summed E-state index contributed by atoms with van der Waals surface area (Å²) in [5.74, 6) is 0.914. The molecule has 0 unspecified atom stereocenters. The molecule has 0 atom stereocenters. The Balaban J connectivity index is 2.84. The van der Waals surface area contributed by atoms with E-state index >= 15 is 0 Å². The van der Waals surface area contributed by atoms with E-state index in [-0.39, 0.29) is 0 Å². The van der Waals surface area contributed by atoms with Gasteiger partial charge in [0.05, 0.1) is 19.4 Å². The molecule has 0 fully saturated rings. The molecule has 0 heterocycles. The Morgan fingerprint density at radius 3 is 2.53 bits per heavy atom. The first kappa shape index (κ1) is 11.9. The second-order valence-corrected chi connectivity index (χ2v) is 3.58. The molecule has 0 radical (unpaired) electrons. The zero-order chi connectivity index (χ0) is 11.3. The van der Waals surface area contributed by atoms with E-state index in [2.05, 4.69) is 24.4 Å². The molecule has 1 aromatic carbocycles. The van der Waals surface area contributed by atoms with Gasteiger partial charge in [0.15, 0.2) is 0 Å². The van der Waals surface area contributed by atoms with E-state index < -0.39 is 0 Å². The molecule has 1 aromatic rings. The van der Waals surface area contributed by atoms with Crippen molar-refractivity contribution in [1.29, 1.82) is 0 Å². The van der Waals surface area contributed by atoms with Crippen LogP contribution >= 0.6 is 0 Å². The Hall–Kier alpha value is -1.22. The van der Waals surface area contributed by atoms with Gasteiger partial charge in [-0.3, -0.25) is 0 Å². The molecule has 1 rings (SSSR count). The van der Waals surface area contributed by atoms with Crippen molar-refractivity contribution in [1.82, 2.24) is 0 Å². The molecule has 84 valence electrons. The van der Waals surface area contributed by atoms with E-state index in [4.69, 9.17) is 9.47 Å². The van der Waals surface area contributed by atoms with E-state index in [0.717, 1.165) is 23.5 Å². The monoisotopic (exact) mass is 209 g/mol. The molecule has 0 saturated heterocycles. The maximum atomic E-state index is 5.36. The quantitative estimate of drug-likeness (QED) is 0.755. The standard InChI is InChI=1S/C12H19NO2/c1-9-7-10(2)12(15-4)11(8-9)13-5-6-14-3/h7-8,13H,5-6H2,1-4H3. The van der Waals surface area contributed by atoms with E-state index in [1.807, 2.05) is 6.92 Å². The highest BCUT2D eigenvalue weighted by molar-refractivity contribution is 5.61. The van der Waals surface area contributed by atoms with Crippen LogP contribution in [0.5, 0.6) is 5.75 Å². The highest BCUT2D eigenvalue weighted by atomic mass is 16.5. The smallest absolute Gasteiger partial charge is 0.144 e. The molecule has 0 aliphatic heterocycles. The number of anilines is 1. The lowest BCUT2D eigenvalue weighted by Gasteiger charge is -2.14. The van der Waals surface area contributed by atoms with Gasteiger partial charge in [0.25, 0.3) is 0 Å². The summed E-state index contributed by atoms with van der Waals surface area (Å²) in [4.78, 5) is 0. The van der Waals surface area contributed by atoms with Crippen LogP contribution < -0.4 is 10.1 Å². The van der Waals surface area contributed by atoms with Crippen LogP contribution in [0.25, 0.3) is 0 Å². The van der Waals surface area contributed by atoms with Crippen molar-refractivity contribution in [3.8, 4) is 5.75 Å². The van der Waals surface area contributed by atoms with E-state index in [9.17, 15) is 0 Å². The second-order valence-electron chi connectivity index (χ2n) is 3.58. The number of methoxy groups -OCH3 is 2. The summed E-state index contributed by atoms with van der Waals surface area (Å²) in [7, 11) is 3.39. The fraction of sp³-hybridized carbons (Fsp3) is 0.500. The third-order valence-electron chi connectivity index (χ3n) is 2.24. The van der Waals surface area contributed by atoms with Crippen LogP contribution in [0.3, 0.4) is 0 Å². The SMILES string of the molecule is COCCNc1cc(C)cc(C)c1OC. The van der Waals surface area contributed by atoms with Gasteiger partial charge >= 0.3 is 0 Å². The van der Waals surface area contributed by atoms with Gasteiger partial charge in [-0.15, -0.1) is 0 Å². The molecule has 0 saturated carbocycles. The topological polar surface area (TPSA) is 30.5 Å². The van der Waals surface area contributed by atoms with Crippen molar-refractivity contribution in [3.05, 3.63) is 23.3 Å². The van der Waals surface area contributed by atoms with Crippen molar-refractivity contribution < 1.29 is 9.47 Å². The number of benzene rings is 1. The molecule has 0 spiro atoms. The summed E-state index contributed by atoms with van der Waals surface area (Å²) in [5.41, 5.74) is 3.41. The summed E-state index contributed by atoms with van der Waals surface area (Å²) in [6, 6.07) is 4.20. The molecular formula is C12H19NO2. The fourth-order valence-electron chi connectivity index (χ4n) is 1.64. The lowest BCUT2D eigenvalue weighted by Crippen LogP contribution is -2.09. The average molecular weight is 209 g/mol. The van der Waals surface area contributed by atoms with Crippen LogP contribution in [0.15, 0.2) is 12.1 Å². The first-order valence-electron chi connectivity index (χ1n) is 5.07. The molecule has 0 amide bonds. The molecule has 0 aliphatic rings. The highest BCUT2D eigenvalue weighted by Crippen LogP contribution is 2.29. The number of aryl methyl sites for hydroxylation is 2. The third kappa shape index (κ3) is 3.13. The van der Waals surface area contributed by atoms with Gasteiger partial charge in [-0.05, 0) is 31.0 Å². The summed E-state index contributed by atoms with van der Waals surface area (Å²) < 4.78 is 10.4. The molecule has 0 bridgehead atoms. The van der Waals surface area contributed by atoms with Gasteiger partial charge in [0, 0.05) is 13.7 Å². The van der Waals surface area contributed by atoms with E-state index in [1.165, 1.54) is 5.56 Å². The maximum absolute atomic E-state index is 5.36. The van der Waals surface area contributed by atoms with Gasteiger partial charge in [-0.25, -0.2) is 0 Å². The van der Waals surface area contributed by atoms with Crippen molar-refractivity contribution in [2.75, 3.05) is 32.7 Å². The number of hydrogen-bond acceptors (Lipinski definition) is 3. The third-order valence-corrected chi connectivity index (χ3v) is 2.24. The molecule has 3 nitrogen and oxygen atoms in total. The largest absolute Gasteiger partial charge is 0.494 e. The van der Waals surface area contributed by atoms with E-state index in [0.29, 0.717) is 6.61 Å². The van der Waals surface area contributed by atoms with Crippen LogP contribution in [0.2, 0.25) is 0 Å². The second kappa shape index (κ2) is 5.61. The molecule has 15 heavy (non-hydrogen) atoms. The van der Waals surface area contributed by atoms with Gasteiger partial charge in [0.2, 0.25) is 0 Å². The number of ether oxygens (including phenoxy) is 2. The lowest BCUT2D eigenvalue weighted by molar-refractivity contribution is 0.210. The minimum atomic E-state index is 0.691. The van der Waals surface area contributed by atoms with Crippen LogP contribution in [0.4, 0.5) is 5.69 Å². The first-order chi connectivity index (χ1) is 7.19. The predicted molar refractivity (Wildman–Crippen MR) is 62.8 cm³/mol. The summed E-state index contributed by atoms with van der Waals surface area (Å²) in [5, 5.41) is 3.30. The van der Waals surface area contributed by atoms with Gasteiger partial charge in [0.1, 0.15) is 5.75 Å². The zero-order valence-corrected chi connectivity index (χ0v) is 9.89. The van der Waals surface area contributed by atoms with Crippen LogP contribution in [0.1, 0.15) is 11.1 Å². The Kier molecular flexibility index (Phi) is 4.43. The summed E-state index contributed by atoms with van der Waals surface area (Å²) >= 11 is 0. The Morgan fingerprint density at radius 2 is 1.93 bits per heavy atom. The molecule has 0 aromatic heterocycles. The van der Waals surface area contributed by atoms with Crippen LogP contribution in [-0.2, 0) is 4.74 Å². The van der Waals surface area contributed by atoms with Crippen molar-refractivity contribution in [3.63, 3.8) is 0 Å². The van der Waals surface area contributed by atoms with Crippen molar-refractivity contribution in [2.24, 2.45) is 0 Å². The van der Waals surface area contributed by atoms with Crippen molar-refractivity contribution in [2.45, 2.75) is 13.8 Å². The molecule has 0 aliphatic carbocycles. The Labute approximate surface area is 91.4 Å². The highest BCUT2D eigenvalue weighted by Gasteiger charge is 2.06. The minimum absolute atomic E-state index is 0.691.